The Morgan fingerprint density at radius 3 is 2.74 bits per heavy atom. The Morgan fingerprint density at radius 2 is 2.05 bits per heavy atom. The number of nitrogens with zero attached hydrogens (tertiary/aromatic N) is 2. The molecule has 1 saturated heterocycles. The van der Waals surface area contributed by atoms with Crippen molar-refractivity contribution < 1.29 is 9.53 Å². The molecule has 4 nitrogen and oxygen atoms in total. The summed E-state index contributed by atoms with van der Waals surface area (Å²) in [7, 11) is 0. The number of carbonyl (C=O) groups is 1. The van der Waals surface area contributed by atoms with Crippen molar-refractivity contribution >= 4 is 5.78 Å². The maximum atomic E-state index is 11.9. The fraction of sp³-hybridized carbons (Fsp3) is 0.667. The number of ether oxygens (including phenoxy) is 1. The third kappa shape index (κ3) is 4.71. The number of rotatable bonds is 6. The molecule has 0 aromatic carbocycles. The van der Waals surface area contributed by atoms with Gasteiger partial charge in [0, 0.05) is 25.8 Å². The molecule has 0 atom stereocenters. The minimum Gasteiger partial charge on any atom is -0.381 e. The van der Waals surface area contributed by atoms with Gasteiger partial charge < -0.3 is 4.74 Å². The fourth-order valence-corrected chi connectivity index (χ4v) is 2.42. The lowest BCUT2D eigenvalue weighted by atomic mass is 9.93. The standard InChI is InChI=1S/C15H22N2O2/c1-12-10-17-14(11-16-12)15(18)5-3-2-4-13-6-8-19-9-7-13/h10-11,13H,2-9H2,1H3. The highest BCUT2D eigenvalue weighted by Gasteiger charge is 2.13. The van der Waals surface area contributed by atoms with E-state index in [0.717, 1.165) is 37.7 Å². The normalized spacial score (nSPS) is 16.5. The van der Waals surface area contributed by atoms with E-state index in [1.54, 1.807) is 12.4 Å². The molecule has 104 valence electrons. The second-order valence-electron chi connectivity index (χ2n) is 5.27. The van der Waals surface area contributed by atoms with Gasteiger partial charge >= 0.3 is 0 Å². The average molecular weight is 262 g/mol. The van der Waals surface area contributed by atoms with E-state index in [1.807, 2.05) is 6.92 Å². The van der Waals surface area contributed by atoms with Crippen molar-refractivity contribution in [2.75, 3.05) is 13.2 Å². The molecule has 4 heteroatoms. The summed E-state index contributed by atoms with van der Waals surface area (Å²) in [5.41, 5.74) is 1.34. The zero-order valence-electron chi connectivity index (χ0n) is 11.6. The molecule has 2 rings (SSSR count). The van der Waals surface area contributed by atoms with E-state index in [-0.39, 0.29) is 5.78 Å². The van der Waals surface area contributed by atoms with Crippen LogP contribution in [-0.4, -0.2) is 29.0 Å². The van der Waals surface area contributed by atoms with Crippen LogP contribution in [0.1, 0.15) is 54.7 Å². The van der Waals surface area contributed by atoms with Crippen molar-refractivity contribution in [3.8, 4) is 0 Å². The summed E-state index contributed by atoms with van der Waals surface area (Å²) in [6, 6.07) is 0. The number of hydrogen-bond donors (Lipinski definition) is 0. The van der Waals surface area contributed by atoms with Gasteiger partial charge in [-0.15, -0.1) is 0 Å². The first kappa shape index (κ1) is 14.1. The Kier molecular flexibility index (Phi) is 5.45. The van der Waals surface area contributed by atoms with Gasteiger partial charge in [-0.2, -0.15) is 0 Å². The fourth-order valence-electron chi connectivity index (χ4n) is 2.42. The quantitative estimate of drug-likeness (QED) is 0.584. The van der Waals surface area contributed by atoms with E-state index in [1.165, 1.54) is 19.3 Å². The zero-order chi connectivity index (χ0) is 13.5. The number of hydrogen-bond acceptors (Lipinski definition) is 4. The van der Waals surface area contributed by atoms with Crippen molar-refractivity contribution in [2.24, 2.45) is 5.92 Å². The number of unbranched alkanes of at least 4 members (excludes halogenated alkanes) is 1. The van der Waals surface area contributed by atoms with Crippen molar-refractivity contribution in [3.63, 3.8) is 0 Å². The zero-order valence-corrected chi connectivity index (χ0v) is 11.6. The van der Waals surface area contributed by atoms with E-state index in [4.69, 9.17) is 4.74 Å². The van der Waals surface area contributed by atoms with Gasteiger partial charge in [-0.3, -0.25) is 9.78 Å². The van der Waals surface area contributed by atoms with E-state index in [2.05, 4.69) is 9.97 Å². The molecule has 1 aliphatic rings. The summed E-state index contributed by atoms with van der Waals surface area (Å²) in [5.74, 6) is 0.905. The molecule has 1 aromatic heterocycles. The number of carbonyl (C=O) groups excluding carboxylic acids is 1. The molecule has 2 heterocycles. The Bertz CT molecular complexity index is 397. The van der Waals surface area contributed by atoms with Crippen LogP contribution in [0.3, 0.4) is 0 Å². The number of aryl methyl sites for hydroxylation is 1. The average Bonchev–Trinajstić information content (AvgIpc) is 2.45. The second kappa shape index (κ2) is 7.34. The lowest BCUT2D eigenvalue weighted by Gasteiger charge is -2.21. The van der Waals surface area contributed by atoms with Crippen LogP contribution in [0.4, 0.5) is 0 Å². The minimum atomic E-state index is 0.111. The molecule has 0 bridgehead atoms. The topological polar surface area (TPSA) is 52.1 Å². The molecule has 0 amide bonds. The molecule has 0 aliphatic carbocycles. The van der Waals surface area contributed by atoms with E-state index < -0.39 is 0 Å². The Balaban J connectivity index is 1.64. The molecular weight excluding hydrogens is 240 g/mol. The van der Waals surface area contributed by atoms with Gasteiger partial charge in [0.05, 0.1) is 11.9 Å². The van der Waals surface area contributed by atoms with Gasteiger partial charge in [0.2, 0.25) is 0 Å². The lowest BCUT2D eigenvalue weighted by Crippen LogP contribution is -2.15. The molecule has 0 spiro atoms. The van der Waals surface area contributed by atoms with Crippen molar-refractivity contribution in [1.82, 2.24) is 9.97 Å². The van der Waals surface area contributed by atoms with Crippen LogP contribution in [0.15, 0.2) is 12.4 Å². The maximum absolute atomic E-state index is 11.9. The second-order valence-corrected chi connectivity index (χ2v) is 5.27. The van der Waals surface area contributed by atoms with Crippen LogP contribution in [0.25, 0.3) is 0 Å². The molecule has 0 saturated carbocycles. The summed E-state index contributed by atoms with van der Waals surface area (Å²) in [6.45, 7) is 3.68. The van der Waals surface area contributed by atoms with Crippen LogP contribution in [0, 0.1) is 12.8 Å². The summed E-state index contributed by atoms with van der Waals surface area (Å²) >= 11 is 0. The van der Waals surface area contributed by atoms with E-state index >= 15 is 0 Å². The Labute approximate surface area is 114 Å². The summed E-state index contributed by atoms with van der Waals surface area (Å²) in [5, 5.41) is 0. The van der Waals surface area contributed by atoms with Gasteiger partial charge in [0.15, 0.2) is 5.78 Å². The first-order chi connectivity index (χ1) is 9.25. The molecule has 0 N–H and O–H groups in total. The molecule has 1 aromatic rings. The minimum absolute atomic E-state index is 0.111. The predicted molar refractivity (Wildman–Crippen MR) is 73.1 cm³/mol. The molecule has 1 aliphatic heterocycles. The first-order valence-electron chi connectivity index (χ1n) is 7.15. The van der Waals surface area contributed by atoms with Crippen LogP contribution >= 0.6 is 0 Å². The van der Waals surface area contributed by atoms with E-state index in [9.17, 15) is 4.79 Å². The summed E-state index contributed by atoms with van der Waals surface area (Å²) < 4.78 is 5.34. The largest absolute Gasteiger partial charge is 0.381 e. The van der Waals surface area contributed by atoms with Crippen LogP contribution in [0.2, 0.25) is 0 Å². The number of Topliss-reactive ketones (excluding diaryl/α,β-unsaturated/α-hetero) is 1. The highest BCUT2D eigenvalue weighted by molar-refractivity contribution is 5.93. The molecule has 1 fully saturated rings. The summed E-state index contributed by atoms with van der Waals surface area (Å²) in [6.07, 6.45) is 9.46. The third-order valence-electron chi connectivity index (χ3n) is 3.67. The molecule has 0 radical (unpaired) electrons. The maximum Gasteiger partial charge on any atom is 0.182 e. The van der Waals surface area contributed by atoms with Crippen molar-refractivity contribution in [2.45, 2.75) is 45.4 Å². The monoisotopic (exact) mass is 262 g/mol. The van der Waals surface area contributed by atoms with E-state index in [0.29, 0.717) is 12.1 Å². The van der Waals surface area contributed by atoms with Crippen LogP contribution < -0.4 is 0 Å². The molecule has 0 unspecified atom stereocenters. The highest BCUT2D eigenvalue weighted by Crippen LogP contribution is 2.21. The Morgan fingerprint density at radius 1 is 1.26 bits per heavy atom. The van der Waals surface area contributed by atoms with Gasteiger partial charge in [-0.1, -0.05) is 12.8 Å². The first-order valence-corrected chi connectivity index (χ1v) is 7.15. The number of ketones is 1. The van der Waals surface area contributed by atoms with Gasteiger partial charge in [-0.05, 0) is 32.1 Å². The summed E-state index contributed by atoms with van der Waals surface area (Å²) in [4.78, 5) is 20.1. The van der Waals surface area contributed by atoms with Gasteiger partial charge in [-0.25, -0.2) is 4.98 Å². The molecule has 19 heavy (non-hydrogen) atoms. The number of aromatic nitrogens is 2. The van der Waals surface area contributed by atoms with Crippen LogP contribution in [0.5, 0.6) is 0 Å². The molecular formula is C15H22N2O2. The van der Waals surface area contributed by atoms with Gasteiger partial charge in [0.25, 0.3) is 0 Å². The Hall–Kier alpha value is -1.29. The van der Waals surface area contributed by atoms with Crippen molar-refractivity contribution in [3.05, 3.63) is 23.8 Å². The highest BCUT2D eigenvalue weighted by atomic mass is 16.5. The third-order valence-corrected chi connectivity index (χ3v) is 3.67. The lowest BCUT2D eigenvalue weighted by molar-refractivity contribution is 0.0630. The van der Waals surface area contributed by atoms with Crippen molar-refractivity contribution in [1.29, 1.82) is 0 Å². The van der Waals surface area contributed by atoms with Gasteiger partial charge in [0.1, 0.15) is 5.69 Å². The predicted octanol–water partition coefficient (Wildman–Crippen LogP) is 2.95. The van der Waals surface area contributed by atoms with Crippen LogP contribution in [-0.2, 0) is 4.74 Å². The SMILES string of the molecule is Cc1cnc(C(=O)CCCCC2CCOCC2)cn1. The smallest absolute Gasteiger partial charge is 0.182 e.